The number of carbonyl (C=O) groups is 1. The Labute approximate surface area is 131 Å². The van der Waals surface area contributed by atoms with Crippen LogP contribution in [0, 0.1) is 5.82 Å². The SMILES string of the molecule is NC(N)=NC(=O)c1ccc2cccc(-c3ccc(F)cn3)c2c1. The molecule has 1 heterocycles. The molecule has 4 N–H and O–H groups in total. The average molecular weight is 308 g/mol. The Morgan fingerprint density at radius 2 is 1.91 bits per heavy atom. The van der Waals surface area contributed by atoms with Crippen LogP contribution in [0.25, 0.3) is 22.0 Å². The molecule has 6 heteroatoms. The smallest absolute Gasteiger partial charge is 0.280 e. The Hall–Kier alpha value is -3.28. The quantitative estimate of drug-likeness (QED) is 0.561. The zero-order valence-electron chi connectivity index (χ0n) is 12.0. The summed E-state index contributed by atoms with van der Waals surface area (Å²) in [6.45, 7) is 0. The van der Waals surface area contributed by atoms with Crippen molar-refractivity contribution in [2.75, 3.05) is 0 Å². The molecular weight excluding hydrogens is 295 g/mol. The van der Waals surface area contributed by atoms with Gasteiger partial charge >= 0.3 is 0 Å². The summed E-state index contributed by atoms with van der Waals surface area (Å²) >= 11 is 0. The van der Waals surface area contributed by atoms with E-state index >= 15 is 0 Å². The number of aromatic nitrogens is 1. The van der Waals surface area contributed by atoms with Crippen LogP contribution >= 0.6 is 0 Å². The molecule has 2 aromatic carbocycles. The summed E-state index contributed by atoms with van der Waals surface area (Å²) in [6.07, 6.45) is 1.16. The summed E-state index contributed by atoms with van der Waals surface area (Å²) in [6, 6.07) is 13.7. The molecule has 114 valence electrons. The maximum Gasteiger partial charge on any atom is 0.280 e. The number of nitrogens with zero attached hydrogens (tertiary/aromatic N) is 2. The van der Waals surface area contributed by atoms with Crippen LogP contribution in [0.4, 0.5) is 4.39 Å². The topological polar surface area (TPSA) is 94.4 Å². The van der Waals surface area contributed by atoms with Crippen LogP contribution in [0.15, 0.2) is 59.7 Å². The van der Waals surface area contributed by atoms with Crippen molar-refractivity contribution in [3.05, 3.63) is 66.1 Å². The fourth-order valence-electron chi connectivity index (χ4n) is 2.35. The van der Waals surface area contributed by atoms with Gasteiger partial charge < -0.3 is 11.5 Å². The Balaban J connectivity index is 2.17. The summed E-state index contributed by atoms with van der Waals surface area (Å²) in [5.74, 6) is -1.21. The molecule has 0 bridgehead atoms. The molecule has 5 nitrogen and oxygen atoms in total. The summed E-state index contributed by atoms with van der Waals surface area (Å²) in [5.41, 5.74) is 12.2. The molecule has 3 rings (SSSR count). The van der Waals surface area contributed by atoms with Gasteiger partial charge in [0.1, 0.15) is 5.82 Å². The standard InChI is InChI=1S/C17H13FN4O/c18-12-6-7-15(21-9-12)13-3-1-2-10-4-5-11(8-14(10)13)16(23)22-17(19)20/h1-9H,(H4,19,20,22,23). The minimum absolute atomic E-state index is 0.288. The van der Waals surface area contributed by atoms with Crippen molar-refractivity contribution in [3.63, 3.8) is 0 Å². The Kier molecular flexibility index (Phi) is 3.72. The van der Waals surface area contributed by atoms with Crippen molar-refractivity contribution in [1.29, 1.82) is 0 Å². The molecule has 0 radical (unpaired) electrons. The molecule has 0 saturated heterocycles. The van der Waals surface area contributed by atoms with Gasteiger partial charge in [-0.3, -0.25) is 9.78 Å². The number of aliphatic imine (C=N–C) groups is 1. The van der Waals surface area contributed by atoms with Crippen LogP contribution in [-0.2, 0) is 0 Å². The number of rotatable bonds is 2. The lowest BCUT2D eigenvalue weighted by Crippen LogP contribution is -2.24. The van der Waals surface area contributed by atoms with Crippen molar-refractivity contribution in [2.24, 2.45) is 16.5 Å². The highest BCUT2D eigenvalue weighted by molar-refractivity contribution is 6.06. The number of nitrogens with two attached hydrogens (primary N) is 2. The predicted molar refractivity (Wildman–Crippen MR) is 87.3 cm³/mol. The Morgan fingerprint density at radius 3 is 2.61 bits per heavy atom. The minimum atomic E-state index is -0.520. The van der Waals surface area contributed by atoms with Gasteiger partial charge in [-0.1, -0.05) is 24.3 Å². The summed E-state index contributed by atoms with van der Waals surface area (Å²) < 4.78 is 13.1. The summed E-state index contributed by atoms with van der Waals surface area (Å²) in [5, 5.41) is 1.73. The van der Waals surface area contributed by atoms with E-state index in [1.54, 1.807) is 24.3 Å². The maximum atomic E-state index is 13.1. The van der Waals surface area contributed by atoms with E-state index in [0.717, 1.165) is 22.5 Å². The Morgan fingerprint density at radius 1 is 1.09 bits per heavy atom. The fourth-order valence-corrected chi connectivity index (χ4v) is 2.35. The maximum absolute atomic E-state index is 13.1. The molecule has 0 atom stereocenters. The highest BCUT2D eigenvalue weighted by atomic mass is 19.1. The first-order chi connectivity index (χ1) is 11.0. The fraction of sp³-hybridized carbons (Fsp3) is 0. The number of pyridine rings is 1. The number of benzene rings is 2. The van der Waals surface area contributed by atoms with E-state index in [4.69, 9.17) is 11.5 Å². The molecular formula is C17H13FN4O. The number of halogens is 1. The molecule has 1 amide bonds. The van der Waals surface area contributed by atoms with Crippen molar-refractivity contribution < 1.29 is 9.18 Å². The normalized spacial score (nSPS) is 10.5. The van der Waals surface area contributed by atoms with Crippen LogP contribution in [0.2, 0.25) is 0 Å². The van der Waals surface area contributed by atoms with Gasteiger partial charge in [0.05, 0.1) is 11.9 Å². The van der Waals surface area contributed by atoms with Crippen LogP contribution in [0.1, 0.15) is 10.4 Å². The van der Waals surface area contributed by atoms with Gasteiger partial charge in [-0.25, -0.2) is 4.39 Å². The number of hydrogen-bond acceptors (Lipinski definition) is 2. The number of carbonyl (C=O) groups excluding carboxylic acids is 1. The highest BCUT2D eigenvalue weighted by Crippen LogP contribution is 2.28. The van der Waals surface area contributed by atoms with E-state index in [-0.39, 0.29) is 5.96 Å². The molecule has 3 aromatic rings. The minimum Gasteiger partial charge on any atom is -0.370 e. The van der Waals surface area contributed by atoms with Gasteiger partial charge in [-0.05, 0) is 35.0 Å². The number of fused-ring (bicyclic) bond motifs is 1. The zero-order chi connectivity index (χ0) is 16.4. The van der Waals surface area contributed by atoms with Crippen LogP contribution < -0.4 is 11.5 Å². The van der Waals surface area contributed by atoms with Crippen LogP contribution in [-0.4, -0.2) is 16.9 Å². The monoisotopic (exact) mass is 308 g/mol. The van der Waals surface area contributed by atoms with Crippen molar-refractivity contribution >= 4 is 22.6 Å². The van der Waals surface area contributed by atoms with Crippen molar-refractivity contribution in [1.82, 2.24) is 4.98 Å². The first-order valence-electron chi connectivity index (χ1n) is 6.83. The van der Waals surface area contributed by atoms with E-state index in [0.29, 0.717) is 11.3 Å². The molecule has 0 saturated carbocycles. The first-order valence-corrected chi connectivity index (χ1v) is 6.83. The third-order valence-electron chi connectivity index (χ3n) is 3.36. The molecule has 0 unspecified atom stereocenters. The molecule has 0 fully saturated rings. The van der Waals surface area contributed by atoms with E-state index < -0.39 is 11.7 Å². The lowest BCUT2D eigenvalue weighted by atomic mass is 9.99. The van der Waals surface area contributed by atoms with Crippen LogP contribution in [0.5, 0.6) is 0 Å². The van der Waals surface area contributed by atoms with Crippen molar-refractivity contribution in [2.45, 2.75) is 0 Å². The highest BCUT2D eigenvalue weighted by Gasteiger charge is 2.10. The molecule has 0 aliphatic carbocycles. The van der Waals surface area contributed by atoms with Gasteiger partial charge in [-0.2, -0.15) is 4.99 Å². The van der Waals surface area contributed by atoms with Gasteiger partial charge in [0, 0.05) is 11.1 Å². The second kappa shape index (κ2) is 5.84. The van der Waals surface area contributed by atoms with E-state index in [2.05, 4.69) is 9.98 Å². The van der Waals surface area contributed by atoms with E-state index in [1.807, 2.05) is 18.2 Å². The lowest BCUT2D eigenvalue weighted by Gasteiger charge is -2.07. The first kappa shape index (κ1) is 14.6. The third kappa shape index (κ3) is 3.01. The molecule has 23 heavy (non-hydrogen) atoms. The van der Waals surface area contributed by atoms with E-state index in [1.165, 1.54) is 6.07 Å². The summed E-state index contributed by atoms with van der Waals surface area (Å²) in [4.78, 5) is 19.6. The van der Waals surface area contributed by atoms with Gasteiger partial charge in [0.25, 0.3) is 5.91 Å². The van der Waals surface area contributed by atoms with E-state index in [9.17, 15) is 9.18 Å². The predicted octanol–water partition coefficient (Wildman–Crippen LogP) is 2.45. The number of amides is 1. The molecule has 0 spiro atoms. The molecule has 0 aliphatic rings. The second-order valence-corrected chi connectivity index (χ2v) is 4.94. The second-order valence-electron chi connectivity index (χ2n) is 4.94. The molecule has 1 aromatic heterocycles. The third-order valence-corrected chi connectivity index (χ3v) is 3.36. The lowest BCUT2D eigenvalue weighted by molar-refractivity contribution is 0.100. The largest absolute Gasteiger partial charge is 0.370 e. The zero-order valence-corrected chi connectivity index (χ0v) is 12.0. The van der Waals surface area contributed by atoms with Crippen LogP contribution in [0.3, 0.4) is 0 Å². The van der Waals surface area contributed by atoms with Crippen molar-refractivity contribution in [3.8, 4) is 11.3 Å². The van der Waals surface area contributed by atoms with Gasteiger partial charge in [0.15, 0.2) is 5.96 Å². The average Bonchev–Trinajstić information content (AvgIpc) is 2.54. The van der Waals surface area contributed by atoms with Gasteiger partial charge in [-0.15, -0.1) is 0 Å². The molecule has 0 aliphatic heterocycles. The number of hydrogen-bond donors (Lipinski definition) is 2. The van der Waals surface area contributed by atoms with Gasteiger partial charge in [0.2, 0.25) is 0 Å². The summed E-state index contributed by atoms with van der Waals surface area (Å²) in [7, 11) is 0. The Bertz CT molecular complexity index is 916. The number of guanidine groups is 1.